The van der Waals surface area contributed by atoms with Gasteiger partial charge < -0.3 is 15.5 Å². The highest BCUT2D eigenvalue weighted by atomic mass is 16.2. The number of likely N-dealkylation sites (tertiary alicyclic amines) is 1. The van der Waals surface area contributed by atoms with E-state index in [1.54, 1.807) is 24.3 Å². The summed E-state index contributed by atoms with van der Waals surface area (Å²) in [4.78, 5) is 26.4. The number of hydrogen-bond acceptors (Lipinski definition) is 2. The Hall–Kier alpha value is -2.82. The molecule has 0 radical (unpaired) electrons. The number of hydrogen-bond donors (Lipinski definition) is 2. The van der Waals surface area contributed by atoms with Gasteiger partial charge in [-0.2, -0.15) is 0 Å². The summed E-state index contributed by atoms with van der Waals surface area (Å²) in [5.41, 5.74) is 2.03. The van der Waals surface area contributed by atoms with Gasteiger partial charge in [0.1, 0.15) is 0 Å². The molecule has 3 amide bonds. The number of carbonyl (C=O) groups is 2. The lowest BCUT2D eigenvalue weighted by Gasteiger charge is -2.30. The van der Waals surface area contributed by atoms with Crippen molar-refractivity contribution in [3.63, 3.8) is 0 Å². The van der Waals surface area contributed by atoms with Gasteiger partial charge in [0.2, 0.25) is 0 Å². The van der Waals surface area contributed by atoms with Gasteiger partial charge in [-0.25, -0.2) is 4.79 Å². The molecule has 0 aromatic heterocycles. The first kappa shape index (κ1) is 17.0. The maximum atomic E-state index is 12.5. The zero-order chi connectivity index (χ0) is 17.6. The summed E-state index contributed by atoms with van der Waals surface area (Å²) in [6, 6.07) is 16.0. The van der Waals surface area contributed by atoms with Gasteiger partial charge in [0.15, 0.2) is 0 Å². The molecule has 2 aromatic carbocycles. The van der Waals surface area contributed by atoms with Crippen LogP contribution in [0.5, 0.6) is 0 Å². The maximum absolute atomic E-state index is 12.5. The van der Waals surface area contributed by atoms with Gasteiger partial charge >= 0.3 is 6.03 Å². The number of nitrogens with zero attached hydrogens (tertiary/aromatic N) is 1. The fraction of sp³-hybridized carbons (Fsp3) is 0.300. The molecule has 0 unspecified atom stereocenters. The molecule has 0 atom stereocenters. The largest absolute Gasteiger partial charge is 0.339 e. The number of urea groups is 1. The van der Waals surface area contributed by atoms with Crippen LogP contribution in [0.25, 0.3) is 0 Å². The van der Waals surface area contributed by atoms with Crippen LogP contribution in [0.3, 0.4) is 0 Å². The zero-order valence-corrected chi connectivity index (χ0v) is 14.4. The lowest BCUT2D eigenvalue weighted by molar-refractivity contribution is 0.0697. The van der Waals surface area contributed by atoms with Crippen molar-refractivity contribution in [2.24, 2.45) is 5.92 Å². The van der Waals surface area contributed by atoms with E-state index < -0.39 is 0 Å². The summed E-state index contributed by atoms with van der Waals surface area (Å²) in [6.07, 6.45) is 2.12. The van der Waals surface area contributed by atoms with Crippen LogP contribution in [0.15, 0.2) is 54.6 Å². The first-order valence-corrected chi connectivity index (χ1v) is 8.64. The number of piperidine rings is 1. The van der Waals surface area contributed by atoms with Crippen LogP contribution in [0.4, 0.5) is 16.2 Å². The van der Waals surface area contributed by atoms with Gasteiger partial charge in [-0.3, -0.25) is 4.79 Å². The summed E-state index contributed by atoms with van der Waals surface area (Å²) in [7, 11) is 0. The molecule has 5 nitrogen and oxygen atoms in total. The average Bonchev–Trinajstić information content (AvgIpc) is 2.63. The lowest BCUT2D eigenvalue weighted by Crippen LogP contribution is -2.37. The molecule has 0 bridgehead atoms. The van der Waals surface area contributed by atoms with Crippen molar-refractivity contribution in [1.29, 1.82) is 0 Å². The third-order valence-corrected chi connectivity index (χ3v) is 4.49. The van der Waals surface area contributed by atoms with E-state index in [2.05, 4.69) is 17.6 Å². The van der Waals surface area contributed by atoms with Crippen molar-refractivity contribution in [2.75, 3.05) is 23.7 Å². The molecule has 1 saturated heterocycles. The molecule has 5 heteroatoms. The van der Waals surface area contributed by atoms with E-state index >= 15 is 0 Å². The van der Waals surface area contributed by atoms with E-state index in [-0.39, 0.29) is 11.9 Å². The molecule has 1 aliphatic heterocycles. The Kier molecular flexibility index (Phi) is 5.33. The third-order valence-electron chi connectivity index (χ3n) is 4.49. The van der Waals surface area contributed by atoms with E-state index in [0.29, 0.717) is 17.2 Å². The highest BCUT2D eigenvalue weighted by molar-refractivity contribution is 6.00. The van der Waals surface area contributed by atoms with Crippen LogP contribution in [-0.2, 0) is 0 Å². The number of carbonyl (C=O) groups excluding carboxylic acids is 2. The first-order valence-electron chi connectivity index (χ1n) is 8.64. The maximum Gasteiger partial charge on any atom is 0.323 e. The van der Waals surface area contributed by atoms with Crippen LogP contribution in [0, 0.1) is 5.92 Å². The molecule has 0 saturated carbocycles. The second kappa shape index (κ2) is 7.83. The third kappa shape index (κ3) is 4.59. The minimum absolute atomic E-state index is 0.0622. The van der Waals surface area contributed by atoms with Crippen LogP contribution in [0.1, 0.15) is 30.1 Å². The molecule has 0 aliphatic carbocycles. The van der Waals surface area contributed by atoms with Crippen LogP contribution in [-0.4, -0.2) is 29.9 Å². The molecular formula is C20H23N3O2. The van der Waals surface area contributed by atoms with Gasteiger partial charge in [-0.1, -0.05) is 25.1 Å². The Labute approximate surface area is 148 Å². The summed E-state index contributed by atoms with van der Waals surface area (Å²) in [5.74, 6) is 0.756. The van der Waals surface area contributed by atoms with Crippen molar-refractivity contribution in [3.8, 4) is 0 Å². The number of rotatable bonds is 3. The Bertz CT molecular complexity index is 720. The summed E-state index contributed by atoms with van der Waals surface area (Å²) in [5, 5.41) is 5.53. The Morgan fingerprint density at radius 3 is 2.04 bits per heavy atom. The summed E-state index contributed by atoms with van der Waals surface area (Å²) >= 11 is 0. The lowest BCUT2D eigenvalue weighted by atomic mass is 9.98. The van der Waals surface area contributed by atoms with Crippen molar-refractivity contribution in [3.05, 3.63) is 60.2 Å². The molecule has 2 aromatic rings. The normalized spacial score (nSPS) is 14.8. The second-order valence-electron chi connectivity index (χ2n) is 6.50. The fourth-order valence-electron chi connectivity index (χ4n) is 2.91. The van der Waals surface area contributed by atoms with Gasteiger partial charge in [0.25, 0.3) is 5.91 Å². The molecular weight excluding hydrogens is 314 g/mol. The Morgan fingerprint density at radius 1 is 0.880 bits per heavy atom. The first-order chi connectivity index (χ1) is 12.1. The van der Waals surface area contributed by atoms with Crippen molar-refractivity contribution in [1.82, 2.24) is 4.90 Å². The van der Waals surface area contributed by atoms with Crippen molar-refractivity contribution >= 4 is 23.3 Å². The van der Waals surface area contributed by atoms with Crippen LogP contribution in [0.2, 0.25) is 0 Å². The predicted octanol–water partition coefficient (Wildman–Crippen LogP) is 4.20. The number of amides is 3. The van der Waals surface area contributed by atoms with Gasteiger partial charge in [-0.15, -0.1) is 0 Å². The quantitative estimate of drug-likeness (QED) is 0.881. The van der Waals surface area contributed by atoms with E-state index in [4.69, 9.17) is 0 Å². The molecule has 1 heterocycles. The monoisotopic (exact) mass is 337 g/mol. The van der Waals surface area contributed by atoms with E-state index in [1.807, 2.05) is 35.2 Å². The molecule has 3 rings (SSSR count). The summed E-state index contributed by atoms with van der Waals surface area (Å²) < 4.78 is 0. The molecule has 1 aliphatic rings. The zero-order valence-electron chi connectivity index (χ0n) is 14.4. The second-order valence-corrected chi connectivity index (χ2v) is 6.50. The summed E-state index contributed by atoms with van der Waals surface area (Å²) in [6.45, 7) is 3.86. The van der Waals surface area contributed by atoms with E-state index in [1.165, 1.54) is 0 Å². The Morgan fingerprint density at radius 2 is 1.44 bits per heavy atom. The topological polar surface area (TPSA) is 61.4 Å². The Balaban J connectivity index is 1.56. The number of benzene rings is 2. The van der Waals surface area contributed by atoms with Gasteiger partial charge in [0.05, 0.1) is 0 Å². The van der Waals surface area contributed by atoms with Gasteiger partial charge in [-0.05, 0) is 55.2 Å². The fourth-order valence-corrected chi connectivity index (χ4v) is 2.91. The highest BCUT2D eigenvalue weighted by Gasteiger charge is 2.21. The minimum atomic E-state index is -0.310. The van der Waals surface area contributed by atoms with Crippen molar-refractivity contribution in [2.45, 2.75) is 19.8 Å². The predicted molar refractivity (Wildman–Crippen MR) is 99.8 cm³/mol. The standard InChI is InChI=1S/C20H23N3O2/c1-15-11-13-23(14-12-15)19(24)16-7-9-18(10-8-16)22-20(25)21-17-5-3-2-4-6-17/h2-10,15H,11-14H2,1H3,(H2,21,22,25). The molecule has 0 spiro atoms. The number of para-hydroxylation sites is 1. The SMILES string of the molecule is CC1CCN(C(=O)c2ccc(NC(=O)Nc3ccccc3)cc2)CC1. The van der Waals surface area contributed by atoms with Crippen LogP contribution < -0.4 is 10.6 Å². The van der Waals surface area contributed by atoms with E-state index in [0.717, 1.165) is 31.6 Å². The molecule has 1 fully saturated rings. The molecule has 25 heavy (non-hydrogen) atoms. The van der Waals surface area contributed by atoms with Gasteiger partial charge in [0, 0.05) is 30.0 Å². The van der Waals surface area contributed by atoms with E-state index in [9.17, 15) is 9.59 Å². The number of nitrogens with one attached hydrogen (secondary N) is 2. The average molecular weight is 337 g/mol. The van der Waals surface area contributed by atoms with Crippen molar-refractivity contribution < 1.29 is 9.59 Å². The minimum Gasteiger partial charge on any atom is -0.339 e. The molecule has 2 N–H and O–H groups in total. The van der Waals surface area contributed by atoms with Crippen LogP contribution >= 0.6 is 0 Å². The highest BCUT2D eigenvalue weighted by Crippen LogP contribution is 2.19. The smallest absolute Gasteiger partial charge is 0.323 e. The molecule has 130 valence electrons. The number of anilines is 2.